The lowest BCUT2D eigenvalue weighted by Crippen LogP contribution is -2.49. The number of alkyl halides is 6. The molecule has 1 fully saturated rings. The van der Waals surface area contributed by atoms with Gasteiger partial charge in [-0.2, -0.15) is 26.3 Å². The van der Waals surface area contributed by atoms with Crippen LogP contribution in [0.1, 0.15) is 25.7 Å². The molecule has 0 aromatic heterocycles. The molecule has 0 aromatic carbocycles. The van der Waals surface area contributed by atoms with Crippen molar-refractivity contribution in [1.29, 1.82) is 0 Å². The molecular weight excluding hydrogens is 264 g/mol. The molecule has 0 unspecified atom stereocenters. The van der Waals surface area contributed by atoms with Crippen LogP contribution in [0.2, 0.25) is 0 Å². The van der Waals surface area contributed by atoms with E-state index in [1.165, 1.54) is 0 Å². The molecule has 0 saturated heterocycles. The van der Waals surface area contributed by atoms with Gasteiger partial charge in [-0.1, -0.05) is 12.8 Å². The number of aliphatic hydroxyl groups is 1. The van der Waals surface area contributed by atoms with Gasteiger partial charge in [-0.05, 0) is 12.8 Å². The van der Waals surface area contributed by atoms with Gasteiger partial charge in [0, 0.05) is 12.6 Å². The molecule has 2 N–H and O–H groups in total. The van der Waals surface area contributed by atoms with E-state index in [1.807, 2.05) is 0 Å². The van der Waals surface area contributed by atoms with E-state index in [0.717, 1.165) is 0 Å². The van der Waals surface area contributed by atoms with Gasteiger partial charge in [0.15, 0.2) is 6.10 Å². The highest BCUT2D eigenvalue weighted by Crippen LogP contribution is 2.37. The van der Waals surface area contributed by atoms with Gasteiger partial charge < -0.3 is 10.4 Å². The predicted molar refractivity (Wildman–Crippen MR) is 51.9 cm³/mol. The highest BCUT2D eigenvalue weighted by Gasteiger charge is 2.46. The van der Waals surface area contributed by atoms with Crippen molar-refractivity contribution in [2.24, 2.45) is 5.92 Å². The van der Waals surface area contributed by atoms with Crippen LogP contribution in [0.4, 0.5) is 26.3 Å². The van der Waals surface area contributed by atoms with Crippen molar-refractivity contribution in [2.45, 2.75) is 50.2 Å². The zero-order chi connectivity index (χ0) is 14.0. The molecule has 1 saturated carbocycles. The fourth-order valence-electron chi connectivity index (χ4n) is 2.15. The van der Waals surface area contributed by atoms with E-state index in [9.17, 15) is 26.3 Å². The Kier molecular flexibility index (Phi) is 4.88. The second kappa shape index (κ2) is 5.64. The molecule has 108 valence electrons. The minimum atomic E-state index is -4.81. The average Bonchev–Trinajstić information content (AvgIpc) is 2.23. The molecule has 8 heteroatoms. The minimum Gasteiger partial charge on any atom is -0.382 e. The number of halogens is 6. The van der Waals surface area contributed by atoms with E-state index in [0.29, 0.717) is 12.8 Å². The maximum Gasteiger partial charge on any atom is 0.415 e. The highest BCUT2D eigenvalue weighted by molar-refractivity contribution is 4.86. The van der Waals surface area contributed by atoms with Gasteiger partial charge in [-0.25, -0.2) is 0 Å². The Bertz CT molecular complexity index is 264. The fraction of sp³-hybridized carbons (Fsp3) is 1.00. The van der Waals surface area contributed by atoms with E-state index in [4.69, 9.17) is 5.11 Å². The zero-order valence-corrected chi connectivity index (χ0v) is 9.48. The van der Waals surface area contributed by atoms with Crippen molar-refractivity contribution in [2.75, 3.05) is 6.54 Å². The van der Waals surface area contributed by atoms with Gasteiger partial charge in [-0.3, -0.25) is 0 Å². The van der Waals surface area contributed by atoms with Crippen LogP contribution in [-0.2, 0) is 0 Å². The number of nitrogens with one attached hydrogen (secondary N) is 1. The molecule has 0 amide bonds. The van der Waals surface area contributed by atoms with Crippen LogP contribution >= 0.6 is 0 Å². The van der Waals surface area contributed by atoms with Crippen molar-refractivity contribution in [1.82, 2.24) is 5.32 Å². The van der Waals surface area contributed by atoms with Crippen molar-refractivity contribution in [3.8, 4) is 0 Å². The minimum absolute atomic E-state index is 0.0801. The van der Waals surface area contributed by atoms with Crippen LogP contribution in [0.25, 0.3) is 0 Å². The average molecular weight is 279 g/mol. The summed E-state index contributed by atoms with van der Waals surface area (Å²) < 4.78 is 73.9. The van der Waals surface area contributed by atoms with E-state index < -0.39 is 37.0 Å². The van der Waals surface area contributed by atoms with E-state index in [2.05, 4.69) is 5.32 Å². The van der Waals surface area contributed by atoms with Crippen molar-refractivity contribution < 1.29 is 31.4 Å². The standard InChI is InChI=1S/C10H15F6NO/c11-9(12,13)6-3-1-2-4-7(6)17-5-8(18)10(14,15)16/h6-8,17-18H,1-5H2/t6-,7+,8-/m0/s1. The lowest BCUT2D eigenvalue weighted by atomic mass is 9.84. The number of hydrogen-bond donors (Lipinski definition) is 2. The summed E-state index contributed by atoms with van der Waals surface area (Å²) in [7, 11) is 0. The summed E-state index contributed by atoms with van der Waals surface area (Å²) in [6, 6.07) is -1.05. The molecule has 18 heavy (non-hydrogen) atoms. The third-order valence-electron chi connectivity index (χ3n) is 3.14. The Balaban J connectivity index is 2.53. The monoisotopic (exact) mass is 279 g/mol. The van der Waals surface area contributed by atoms with Crippen LogP contribution in [0.15, 0.2) is 0 Å². The molecule has 0 radical (unpaired) electrons. The molecule has 1 rings (SSSR count). The second-order valence-corrected chi connectivity index (χ2v) is 4.50. The first-order valence-electron chi connectivity index (χ1n) is 5.67. The molecule has 1 aliphatic rings. The molecule has 1 aliphatic carbocycles. The molecule has 0 heterocycles. The van der Waals surface area contributed by atoms with Crippen LogP contribution in [-0.4, -0.2) is 36.1 Å². The molecule has 0 aliphatic heterocycles. The van der Waals surface area contributed by atoms with Crippen molar-refractivity contribution in [3.05, 3.63) is 0 Å². The van der Waals surface area contributed by atoms with E-state index in [1.54, 1.807) is 0 Å². The third kappa shape index (κ3) is 4.31. The molecule has 0 aromatic rings. The van der Waals surface area contributed by atoms with Gasteiger partial charge >= 0.3 is 12.4 Å². The van der Waals surface area contributed by atoms with E-state index in [-0.39, 0.29) is 12.8 Å². The summed E-state index contributed by atoms with van der Waals surface area (Å²) >= 11 is 0. The number of hydrogen-bond acceptors (Lipinski definition) is 2. The maximum absolute atomic E-state index is 12.6. The first kappa shape index (κ1) is 15.6. The van der Waals surface area contributed by atoms with Crippen LogP contribution in [0.5, 0.6) is 0 Å². The lowest BCUT2D eigenvalue weighted by Gasteiger charge is -2.34. The summed E-state index contributed by atoms with van der Waals surface area (Å²) in [4.78, 5) is 0. The Morgan fingerprint density at radius 1 is 1.06 bits per heavy atom. The SMILES string of the molecule is O[C@@H](CN[C@@H]1CCCC[C@@H]1C(F)(F)F)C(F)(F)F. The Morgan fingerprint density at radius 3 is 2.11 bits per heavy atom. The predicted octanol–water partition coefficient (Wildman–Crippen LogP) is 2.62. The van der Waals surface area contributed by atoms with Crippen LogP contribution < -0.4 is 5.32 Å². The first-order valence-corrected chi connectivity index (χ1v) is 5.67. The quantitative estimate of drug-likeness (QED) is 0.778. The molecule has 3 atom stereocenters. The molecular formula is C10H15F6NO. The Labute approximate surface area is 100 Å². The van der Waals surface area contributed by atoms with E-state index >= 15 is 0 Å². The number of aliphatic hydroxyl groups excluding tert-OH is 1. The third-order valence-corrected chi connectivity index (χ3v) is 3.14. The second-order valence-electron chi connectivity index (χ2n) is 4.50. The molecule has 0 bridgehead atoms. The van der Waals surface area contributed by atoms with Crippen LogP contribution in [0, 0.1) is 5.92 Å². The summed E-state index contributed by atoms with van der Waals surface area (Å²) in [5, 5.41) is 10.9. The summed E-state index contributed by atoms with van der Waals surface area (Å²) in [6.45, 7) is -0.902. The largest absolute Gasteiger partial charge is 0.415 e. The summed E-state index contributed by atoms with van der Waals surface area (Å²) in [5.41, 5.74) is 0. The topological polar surface area (TPSA) is 32.3 Å². The lowest BCUT2D eigenvalue weighted by molar-refractivity contribution is -0.206. The van der Waals surface area contributed by atoms with Gasteiger partial charge in [0.25, 0.3) is 0 Å². The summed E-state index contributed by atoms with van der Waals surface area (Å²) in [6.07, 6.45) is -10.8. The Morgan fingerprint density at radius 2 is 1.61 bits per heavy atom. The zero-order valence-electron chi connectivity index (χ0n) is 9.48. The Hall–Kier alpha value is -0.500. The first-order chi connectivity index (χ1) is 8.12. The molecule has 0 spiro atoms. The summed E-state index contributed by atoms with van der Waals surface area (Å²) in [5.74, 6) is -1.63. The van der Waals surface area contributed by atoms with Gasteiger partial charge in [0.05, 0.1) is 5.92 Å². The van der Waals surface area contributed by atoms with Gasteiger partial charge in [0.2, 0.25) is 0 Å². The van der Waals surface area contributed by atoms with Crippen molar-refractivity contribution >= 4 is 0 Å². The fourth-order valence-corrected chi connectivity index (χ4v) is 2.15. The van der Waals surface area contributed by atoms with Gasteiger partial charge in [-0.15, -0.1) is 0 Å². The highest BCUT2D eigenvalue weighted by atomic mass is 19.4. The van der Waals surface area contributed by atoms with Crippen molar-refractivity contribution in [3.63, 3.8) is 0 Å². The number of rotatable bonds is 3. The normalized spacial score (nSPS) is 28.2. The smallest absolute Gasteiger partial charge is 0.382 e. The molecule has 2 nitrogen and oxygen atoms in total. The van der Waals surface area contributed by atoms with Gasteiger partial charge in [0.1, 0.15) is 0 Å². The van der Waals surface area contributed by atoms with Crippen LogP contribution in [0.3, 0.4) is 0 Å². The maximum atomic E-state index is 12.6.